The highest BCUT2D eigenvalue weighted by Crippen LogP contribution is 2.27. The smallest absolute Gasteiger partial charge is 0.255 e. The Morgan fingerprint density at radius 1 is 1.27 bits per heavy atom. The zero-order valence-corrected chi connectivity index (χ0v) is 13.4. The van der Waals surface area contributed by atoms with Gasteiger partial charge in [-0.25, -0.2) is 0 Å². The highest BCUT2D eigenvalue weighted by Gasteiger charge is 2.26. The van der Waals surface area contributed by atoms with E-state index in [9.17, 15) is 9.59 Å². The summed E-state index contributed by atoms with van der Waals surface area (Å²) in [5, 5.41) is 5.81. The van der Waals surface area contributed by atoms with E-state index < -0.39 is 6.04 Å². The van der Waals surface area contributed by atoms with Gasteiger partial charge in [0.2, 0.25) is 5.91 Å². The fraction of sp³-hybridized carbons (Fsp3) is 0.647. The molecule has 0 aliphatic heterocycles. The number of carbonyl (C=O) groups is 2. The van der Waals surface area contributed by atoms with E-state index in [0.717, 1.165) is 6.42 Å². The first kappa shape index (κ1) is 16.6. The first-order chi connectivity index (χ1) is 10.6. The van der Waals surface area contributed by atoms with E-state index in [1.807, 2.05) is 0 Å². The first-order valence-corrected chi connectivity index (χ1v) is 8.25. The maximum Gasteiger partial charge on any atom is 0.255 e. The number of furan rings is 1. The molecule has 1 aliphatic rings. The summed E-state index contributed by atoms with van der Waals surface area (Å²) in [6.45, 7) is 3.81. The summed E-state index contributed by atoms with van der Waals surface area (Å²) in [5.41, 5.74) is 0.430. The van der Waals surface area contributed by atoms with Gasteiger partial charge in [-0.05, 0) is 38.2 Å². The molecule has 0 radical (unpaired) electrons. The van der Waals surface area contributed by atoms with Crippen LogP contribution in [0, 0.1) is 5.92 Å². The molecule has 122 valence electrons. The van der Waals surface area contributed by atoms with Gasteiger partial charge in [0.25, 0.3) is 5.91 Å². The van der Waals surface area contributed by atoms with Gasteiger partial charge in [0.15, 0.2) is 0 Å². The Hall–Kier alpha value is -1.78. The van der Waals surface area contributed by atoms with Crippen LogP contribution in [0.4, 0.5) is 0 Å². The average molecular weight is 306 g/mol. The van der Waals surface area contributed by atoms with Crippen LogP contribution >= 0.6 is 0 Å². The molecule has 1 aromatic heterocycles. The van der Waals surface area contributed by atoms with Crippen molar-refractivity contribution in [2.24, 2.45) is 5.92 Å². The molecule has 0 saturated heterocycles. The standard InChI is InChI=1S/C17H26N2O3/c1-3-15(13-7-5-4-6-8-13)19-16(20)12(2)18-17(21)14-9-10-22-11-14/h9-13,15H,3-8H2,1-2H3,(H,18,21)(H,19,20)/t12-,15+/m1/s1. The van der Waals surface area contributed by atoms with Gasteiger partial charge in [-0.2, -0.15) is 0 Å². The molecule has 5 nitrogen and oxygen atoms in total. The first-order valence-electron chi connectivity index (χ1n) is 8.25. The zero-order valence-electron chi connectivity index (χ0n) is 13.4. The minimum atomic E-state index is -0.556. The van der Waals surface area contributed by atoms with E-state index in [0.29, 0.717) is 11.5 Å². The fourth-order valence-corrected chi connectivity index (χ4v) is 3.14. The monoisotopic (exact) mass is 306 g/mol. The van der Waals surface area contributed by atoms with Crippen LogP contribution in [0.2, 0.25) is 0 Å². The molecule has 0 unspecified atom stereocenters. The Balaban J connectivity index is 1.85. The summed E-state index contributed by atoms with van der Waals surface area (Å²) in [7, 11) is 0. The lowest BCUT2D eigenvalue weighted by Crippen LogP contribution is -2.50. The molecule has 1 saturated carbocycles. The zero-order chi connectivity index (χ0) is 15.9. The van der Waals surface area contributed by atoms with Gasteiger partial charge < -0.3 is 15.1 Å². The van der Waals surface area contributed by atoms with Crippen LogP contribution in [0.15, 0.2) is 23.0 Å². The minimum absolute atomic E-state index is 0.116. The molecule has 0 spiro atoms. The molecule has 2 atom stereocenters. The molecular formula is C17H26N2O3. The average Bonchev–Trinajstić information content (AvgIpc) is 3.07. The van der Waals surface area contributed by atoms with Crippen molar-refractivity contribution in [3.63, 3.8) is 0 Å². The minimum Gasteiger partial charge on any atom is -0.472 e. The van der Waals surface area contributed by atoms with Gasteiger partial charge in [-0.1, -0.05) is 26.2 Å². The molecule has 22 heavy (non-hydrogen) atoms. The van der Waals surface area contributed by atoms with E-state index in [1.165, 1.54) is 44.6 Å². The predicted molar refractivity (Wildman–Crippen MR) is 84.4 cm³/mol. The third kappa shape index (κ3) is 4.36. The van der Waals surface area contributed by atoms with E-state index in [1.54, 1.807) is 13.0 Å². The molecule has 1 fully saturated rings. The van der Waals surface area contributed by atoms with E-state index in [-0.39, 0.29) is 17.9 Å². The summed E-state index contributed by atoms with van der Waals surface area (Å²) in [6, 6.07) is 1.23. The number of nitrogens with one attached hydrogen (secondary N) is 2. The lowest BCUT2D eigenvalue weighted by atomic mass is 9.83. The van der Waals surface area contributed by atoms with Crippen LogP contribution in [0.1, 0.15) is 62.7 Å². The molecule has 2 rings (SSSR count). The predicted octanol–water partition coefficient (Wildman–Crippen LogP) is 2.87. The van der Waals surface area contributed by atoms with Gasteiger partial charge in [-0.15, -0.1) is 0 Å². The molecule has 2 amide bonds. The summed E-state index contributed by atoms with van der Waals surface area (Å²) in [5.74, 6) is 0.163. The van der Waals surface area contributed by atoms with Crippen molar-refractivity contribution >= 4 is 11.8 Å². The van der Waals surface area contributed by atoms with Crippen molar-refractivity contribution in [2.75, 3.05) is 0 Å². The third-order valence-corrected chi connectivity index (χ3v) is 4.51. The summed E-state index contributed by atoms with van der Waals surface area (Å²) >= 11 is 0. The number of hydrogen-bond acceptors (Lipinski definition) is 3. The van der Waals surface area contributed by atoms with Gasteiger partial charge in [0.05, 0.1) is 11.8 Å². The van der Waals surface area contributed by atoms with Crippen molar-refractivity contribution in [3.8, 4) is 0 Å². The van der Waals surface area contributed by atoms with Crippen LogP contribution in [0.5, 0.6) is 0 Å². The Labute approximate surface area is 131 Å². The SMILES string of the molecule is CC[C@H](NC(=O)[C@@H](C)NC(=O)c1ccoc1)C1CCCCC1. The fourth-order valence-electron chi connectivity index (χ4n) is 3.14. The largest absolute Gasteiger partial charge is 0.472 e. The third-order valence-electron chi connectivity index (χ3n) is 4.51. The van der Waals surface area contributed by atoms with Crippen LogP contribution in [0.3, 0.4) is 0 Å². The number of amides is 2. The highest BCUT2D eigenvalue weighted by molar-refractivity contribution is 5.97. The van der Waals surface area contributed by atoms with Crippen molar-refractivity contribution in [3.05, 3.63) is 24.2 Å². The lowest BCUT2D eigenvalue weighted by Gasteiger charge is -2.31. The van der Waals surface area contributed by atoms with E-state index in [4.69, 9.17) is 4.42 Å². The summed E-state index contributed by atoms with van der Waals surface area (Å²) in [6.07, 6.45) is 9.93. The maximum absolute atomic E-state index is 12.3. The van der Waals surface area contributed by atoms with Gasteiger partial charge in [0.1, 0.15) is 12.3 Å². The number of hydrogen-bond donors (Lipinski definition) is 2. The van der Waals surface area contributed by atoms with Crippen molar-refractivity contribution in [1.29, 1.82) is 0 Å². The van der Waals surface area contributed by atoms with Gasteiger partial charge in [0, 0.05) is 6.04 Å². The highest BCUT2D eigenvalue weighted by atomic mass is 16.3. The summed E-state index contributed by atoms with van der Waals surface area (Å²) < 4.78 is 4.88. The maximum atomic E-state index is 12.3. The van der Waals surface area contributed by atoms with Gasteiger partial charge in [-0.3, -0.25) is 9.59 Å². The molecular weight excluding hydrogens is 280 g/mol. The van der Waals surface area contributed by atoms with Crippen LogP contribution in [0.25, 0.3) is 0 Å². The summed E-state index contributed by atoms with van der Waals surface area (Å²) in [4.78, 5) is 24.2. The molecule has 5 heteroatoms. The van der Waals surface area contributed by atoms with E-state index in [2.05, 4.69) is 17.6 Å². The topological polar surface area (TPSA) is 71.3 Å². The van der Waals surface area contributed by atoms with E-state index >= 15 is 0 Å². The number of rotatable bonds is 6. The molecule has 2 N–H and O–H groups in total. The van der Waals surface area contributed by atoms with Crippen molar-refractivity contribution in [2.45, 2.75) is 64.5 Å². The molecule has 0 aromatic carbocycles. The second kappa shape index (κ2) is 8.01. The molecule has 1 heterocycles. The Morgan fingerprint density at radius 3 is 2.59 bits per heavy atom. The van der Waals surface area contributed by atoms with Crippen molar-refractivity contribution < 1.29 is 14.0 Å². The second-order valence-corrected chi connectivity index (χ2v) is 6.13. The second-order valence-electron chi connectivity index (χ2n) is 6.13. The Bertz CT molecular complexity index is 478. The Morgan fingerprint density at radius 2 is 2.00 bits per heavy atom. The quantitative estimate of drug-likeness (QED) is 0.849. The molecule has 1 aliphatic carbocycles. The van der Waals surface area contributed by atoms with Gasteiger partial charge >= 0.3 is 0 Å². The van der Waals surface area contributed by atoms with Crippen LogP contribution in [-0.2, 0) is 4.79 Å². The molecule has 0 bridgehead atoms. The Kier molecular flexibility index (Phi) is 6.04. The normalized spacial score (nSPS) is 18.5. The van der Waals surface area contributed by atoms with Crippen LogP contribution in [-0.4, -0.2) is 23.9 Å². The van der Waals surface area contributed by atoms with Crippen molar-refractivity contribution in [1.82, 2.24) is 10.6 Å². The number of carbonyl (C=O) groups excluding carboxylic acids is 2. The van der Waals surface area contributed by atoms with Crippen LogP contribution < -0.4 is 10.6 Å². The molecule has 1 aromatic rings. The lowest BCUT2D eigenvalue weighted by molar-refractivity contribution is -0.123.